The zero-order chi connectivity index (χ0) is 73.8. The highest BCUT2D eigenvalue weighted by Crippen LogP contribution is 2.27. The maximum absolute atomic E-state index is 10.1. The van der Waals surface area contributed by atoms with E-state index in [1.54, 1.807) is 98.9 Å². The van der Waals surface area contributed by atoms with E-state index in [0.717, 1.165) is 83.6 Å². The van der Waals surface area contributed by atoms with Crippen LogP contribution in [0.5, 0.6) is 0 Å². The lowest BCUT2D eigenvalue weighted by atomic mass is 10.2. The number of rotatable bonds is 11. The van der Waals surface area contributed by atoms with Crippen molar-refractivity contribution in [1.82, 2.24) is 69.8 Å². The molecule has 0 bridgehead atoms. The molecule has 0 saturated carbocycles. The molecule has 0 aliphatic rings. The van der Waals surface area contributed by atoms with Crippen molar-refractivity contribution in [2.75, 3.05) is 16.4 Å². The summed E-state index contributed by atoms with van der Waals surface area (Å²) in [5.74, 6) is 3.00. The van der Waals surface area contributed by atoms with Gasteiger partial charge in [0.25, 0.3) is 23.4 Å². The molecule has 518 valence electrons. The molecule has 0 amide bonds. The fourth-order valence-electron chi connectivity index (χ4n) is 8.26. The number of nitrogens with one attached hydrogen (secondary N) is 2. The Kier molecular flexibility index (Phi) is 27.4. The van der Waals surface area contributed by atoms with Crippen LogP contribution in [0.4, 0.5) is 29.4 Å². The van der Waals surface area contributed by atoms with Gasteiger partial charge in [-0.2, -0.15) is 10.5 Å². The first kappa shape index (κ1) is 75.3. The summed E-state index contributed by atoms with van der Waals surface area (Å²) in [4.78, 5) is 66.8. The number of carbonyl (C=O) groups excluding carboxylic acids is 1. The van der Waals surface area contributed by atoms with Crippen LogP contribution in [0.25, 0.3) is 57.3 Å². The van der Waals surface area contributed by atoms with Crippen LogP contribution in [0.15, 0.2) is 216 Å². The normalized spacial score (nSPS) is 10.3. The first-order valence-electron chi connectivity index (χ1n) is 30.7. The number of hydrogen-bond donors (Lipinski definition) is 5. The average Bonchev–Trinajstić information content (AvgIpc) is 1.79. The molecule has 0 unspecified atom stereocenters. The van der Waals surface area contributed by atoms with Gasteiger partial charge < -0.3 is 49.4 Å². The molecule has 14 aromatic heterocycles. The molecule has 0 spiro atoms. The first-order valence-corrected chi connectivity index (χ1v) is 31.9. The quantitative estimate of drug-likeness (QED) is 0.0264. The highest BCUT2D eigenvalue weighted by Gasteiger charge is 2.13. The molecular formula is C73H65BrClN21O7. The molecule has 14 rings (SSSR count). The van der Waals surface area contributed by atoms with Gasteiger partial charge in [0.15, 0.2) is 47.3 Å². The van der Waals surface area contributed by atoms with Crippen molar-refractivity contribution in [3.8, 4) is 69.4 Å². The van der Waals surface area contributed by atoms with Gasteiger partial charge in [-0.15, -0.1) is 0 Å². The summed E-state index contributed by atoms with van der Waals surface area (Å²) in [7, 11) is 0. The van der Waals surface area contributed by atoms with Gasteiger partial charge in [0, 0.05) is 47.9 Å². The molecule has 14 aromatic rings. The Morgan fingerprint density at radius 3 is 1.24 bits per heavy atom. The smallest absolute Gasteiger partial charge is 0.299 e. The van der Waals surface area contributed by atoms with Gasteiger partial charge in [-0.1, -0.05) is 41.6 Å². The van der Waals surface area contributed by atoms with Crippen LogP contribution in [-0.2, 0) is 0 Å². The number of nitrogen functional groups attached to an aromatic ring is 1. The maximum atomic E-state index is 10.1. The molecule has 30 heteroatoms. The number of hydrogen-bond acceptors (Lipinski definition) is 27. The second-order valence-corrected chi connectivity index (χ2v) is 23.2. The highest BCUT2D eigenvalue weighted by molar-refractivity contribution is 9.10. The number of oxazole rings is 5. The second kappa shape index (κ2) is 37.4. The molecule has 0 aliphatic carbocycles. The lowest BCUT2D eigenvalue weighted by Crippen LogP contribution is -2.16. The van der Waals surface area contributed by atoms with E-state index in [1.807, 2.05) is 153 Å². The molecule has 7 N–H and O–H groups in total. The van der Waals surface area contributed by atoms with E-state index in [-0.39, 0.29) is 17.2 Å². The number of halogens is 2. The Labute approximate surface area is 604 Å². The molecule has 0 atom stereocenters. The standard InChI is InChI=1S/C16H16N6O2.C16H13N5O.C9H7ClN2O.C9H9N3O.C9H8N2O.C7H5BrN2.C7H7NO/c1-9-3-4-12(18-6-9)13-8-20-16(24-13)21-11-5-10(2)14(19-7-11)15(17)22-23;1-10-3-4-13(18-7-10)15-9-20-16(22-15)21-12-5-11(2)14(6-17)19-8-12;2*1-6-2-3-7(11-4-6)8-5-12-9(10)13-8;1-7-2-3-8(11-4-7)9-5-10-6-12-9;1-5-2-6(8)4-10-7(5)3-9;1-6-2-3-7(5-9)8-4-6/h3-8,23H,1-2H3,(H2,17,22)(H,20,21);3-5,7-9H,1-2H3,(H,20,21);2-5H,1H3;2-5H,1H3,(H2,10,12);2-6H,1H3;2,4H,1H3;2-5H,1H3. The zero-order valence-electron chi connectivity index (χ0n) is 56.8. The Balaban J connectivity index is 0.000000157. The van der Waals surface area contributed by atoms with Crippen molar-refractivity contribution in [2.24, 2.45) is 10.9 Å². The van der Waals surface area contributed by atoms with Gasteiger partial charge in [0.2, 0.25) is 0 Å². The van der Waals surface area contributed by atoms with E-state index in [4.69, 9.17) is 60.9 Å². The Morgan fingerprint density at radius 2 is 0.883 bits per heavy atom. The number of pyridine rings is 9. The number of nitrogens with zero attached hydrogens (tertiary/aromatic N) is 17. The van der Waals surface area contributed by atoms with Crippen LogP contribution in [-0.4, -0.2) is 87.1 Å². The topological polar surface area (TPSA) is 419 Å². The lowest BCUT2D eigenvalue weighted by molar-refractivity contribution is 0.111. The number of aryl methyl sites for hydroxylation is 9. The molecule has 0 aromatic carbocycles. The Morgan fingerprint density at radius 1 is 0.476 bits per heavy atom. The summed E-state index contributed by atoms with van der Waals surface area (Å²) in [5.41, 5.74) is 26.8. The summed E-state index contributed by atoms with van der Waals surface area (Å²) >= 11 is 8.79. The van der Waals surface area contributed by atoms with Crippen LogP contribution >= 0.6 is 27.5 Å². The minimum Gasteiger partial charge on any atom is -0.442 e. The van der Waals surface area contributed by atoms with Crippen molar-refractivity contribution in [3.63, 3.8) is 0 Å². The Bertz CT molecular complexity index is 5050. The lowest BCUT2D eigenvalue weighted by Gasteiger charge is -2.06. The number of aromatic nitrogens is 14. The number of amidine groups is 1. The van der Waals surface area contributed by atoms with Crippen molar-refractivity contribution < 1.29 is 32.1 Å². The zero-order valence-corrected chi connectivity index (χ0v) is 59.1. The molecule has 0 fully saturated rings. The second-order valence-electron chi connectivity index (χ2n) is 22.0. The highest BCUT2D eigenvalue weighted by atomic mass is 79.9. The van der Waals surface area contributed by atoms with Gasteiger partial charge >= 0.3 is 0 Å². The molecule has 0 radical (unpaired) electrons. The van der Waals surface area contributed by atoms with Gasteiger partial charge in [-0.3, -0.25) is 39.7 Å². The van der Waals surface area contributed by atoms with E-state index in [1.165, 1.54) is 6.39 Å². The van der Waals surface area contributed by atoms with Crippen LogP contribution in [0.1, 0.15) is 77.6 Å². The largest absolute Gasteiger partial charge is 0.442 e. The van der Waals surface area contributed by atoms with Crippen molar-refractivity contribution in [3.05, 3.63) is 267 Å². The summed E-state index contributed by atoms with van der Waals surface area (Å²) in [5, 5.41) is 35.2. The third-order valence-corrected chi connectivity index (χ3v) is 14.2. The van der Waals surface area contributed by atoms with E-state index in [2.05, 4.69) is 101 Å². The number of anilines is 5. The third-order valence-electron chi connectivity index (χ3n) is 13.6. The van der Waals surface area contributed by atoms with Crippen LogP contribution in [0.2, 0.25) is 5.35 Å². The molecule has 103 heavy (non-hydrogen) atoms. The minimum absolute atomic E-state index is 0.0390. The molecule has 28 nitrogen and oxygen atoms in total. The summed E-state index contributed by atoms with van der Waals surface area (Å²) in [6.07, 6.45) is 25.4. The van der Waals surface area contributed by atoms with E-state index in [9.17, 15) is 4.79 Å². The fourth-order valence-corrected chi connectivity index (χ4v) is 8.84. The Hall–Kier alpha value is -13.5. The van der Waals surface area contributed by atoms with Crippen molar-refractivity contribution >= 4 is 69.1 Å². The van der Waals surface area contributed by atoms with E-state index in [0.29, 0.717) is 80.7 Å². The van der Waals surface area contributed by atoms with Gasteiger partial charge in [0.05, 0.1) is 54.8 Å². The summed E-state index contributed by atoms with van der Waals surface area (Å²) in [6.45, 7) is 17.3. The van der Waals surface area contributed by atoms with Crippen molar-refractivity contribution in [1.29, 1.82) is 10.5 Å². The molecular weight excluding hydrogens is 1400 g/mol. The van der Waals surface area contributed by atoms with Gasteiger partial charge in [0.1, 0.15) is 63.4 Å². The SMILES string of the molecule is Cc1cc(Br)cnc1C#N.Cc1ccc(-c2cnc(Cl)o2)nc1.Cc1ccc(-c2cnc(N)o2)nc1.Cc1ccc(-c2cnc(Nc3cnc(/C(N)=N/O)c(C)c3)o2)nc1.Cc1ccc(-c2cnc(Nc3cnc(C#N)c(C)c3)o2)nc1.Cc1ccc(-c2cnco2)nc1.Cc1ccc(C=O)nc1. The summed E-state index contributed by atoms with van der Waals surface area (Å²) in [6, 6.07) is 33.1. The van der Waals surface area contributed by atoms with Gasteiger partial charge in [-0.25, -0.2) is 34.9 Å². The minimum atomic E-state index is -0.0390. The van der Waals surface area contributed by atoms with Crippen molar-refractivity contribution in [2.45, 2.75) is 62.3 Å². The molecule has 0 saturated heterocycles. The van der Waals surface area contributed by atoms with Crippen LogP contribution in [0, 0.1) is 85.0 Å². The number of nitriles is 2. The van der Waals surface area contributed by atoms with Crippen LogP contribution in [0.3, 0.4) is 0 Å². The number of nitrogens with two attached hydrogens (primary N) is 2. The summed E-state index contributed by atoms with van der Waals surface area (Å²) < 4.78 is 27.5. The third kappa shape index (κ3) is 23.3. The fraction of sp³-hybridized carbons (Fsp3) is 0.123. The van der Waals surface area contributed by atoms with Crippen LogP contribution < -0.4 is 22.1 Å². The molecule has 0 aliphatic heterocycles. The number of carbonyl (C=O) groups is 1. The van der Waals surface area contributed by atoms with Gasteiger partial charge in [-0.05, 0) is 195 Å². The first-order chi connectivity index (χ1) is 49.6. The van der Waals surface area contributed by atoms with E-state index >= 15 is 0 Å². The molecule has 14 heterocycles. The monoisotopic (exact) mass is 1460 g/mol. The number of aldehydes is 1. The number of oxime groups is 1. The van der Waals surface area contributed by atoms with E-state index < -0.39 is 0 Å². The predicted octanol–water partition coefficient (Wildman–Crippen LogP) is 15.5. The average molecular weight is 1460 g/mol. The predicted molar refractivity (Wildman–Crippen MR) is 389 cm³/mol. The maximum Gasteiger partial charge on any atom is 0.299 e.